The minimum Gasteiger partial charge on any atom is -0.313 e. The largest absolute Gasteiger partial charge is 0.313 e. The number of nitrogens with one attached hydrogen (secondary N) is 1. The van der Waals surface area contributed by atoms with Crippen LogP contribution in [0.1, 0.15) is 0 Å². The average Bonchev–Trinajstić information content (AvgIpc) is 2.92. The molecule has 0 unspecified atom stereocenters. The third-order valence-electron chi connectivity index (χ3n) is 3.50. The van der Waals surface area contributed by atoms with Crippen LogP contribution in [0.2, 0.25) is 0 Å². The number of aromatic nitrogens is 3. The number of hydrogen-bond acceptors (Lipinski definition) is 2. The predicted octanol–water partition coefficient (Wildman–Crippen LogP) is 2.87. The molecule has 0 bridgehead atoms. The zero-order valence-corrected chi connectivity index (χ0v) is 10.6. The van der Waals surface area contributed by atoms with Gasteiger partial charge in [0, 0.05) is 11.9 Å². The Balaban J connectivity index is 2.01. The highest BCUT2D eigenvalue weighted by Crippen LogP contribution is 2.21. The van der Waals surface area contributed by atoms with Crippen LogP contribution in [-0.4, -0.2) is 14.5 Å². The summed E-state index contributed by atoms with van der Waals surface area (Å²) < 4.78 is 1.93. The maximum absolute atomic E-state index is 11.7. The molecule has 0 radical (unpaired) electrons. The van der Waals surface area contributed by atoms with Gasteiger partial charge in [-0.3, -0.25) is 4.79 Å². The molecule has 4 rings (SSSR count). The summed E-state index contributed by atoms with van der Waals surface area (Å²) in [6.07, 6.45) is 3.30. The van der Waals surface area contributed by atoms with Crippen molar-refractivity contribution < 1.29 is 0 Å². The Morgan fingerprint density at radius 1 is 1.00 bits per heavy atom. The highest BCUT2D eigenvalue weighted by molar-refractivity contribution is 5.85. The van der Waals surface area contributed by atoms with E-state index in [2.05, 4.69) is 34.2 Å². The molecule has 4 nitrogen and oxygen atoms in total. The molecule has 0 saturated heterocycles. The Bertz CT molecular complexity index is 982. The van der Waals surface area contributed by atoms with Crippen LogP contribution < -0.4 is 5.56 Å². The smallest absolute Gasteiger partial charge is 0.260 e. The lowest BCUT2D eigenvalue weighted by Gasteiger charge is -2.06. The molecule has 20 heavy (non-hydrogen) atoms. The number of H-pyrrole nitrogens is 1. The van der Waals surface area contributed by atoms with Crippen molar-refractivity contribution in [2.45, 2.75) is 0 Å². The summed E-state index contributed by atoms with van der Waals surface area (Å²) in [5.74, 6) is 0. The minimum atomic E-state index is -0.116. The van der Waals surface area contributed by atoms with E-state index in [0.717, 1.165) is 11.1 Å². The molecule has 96 valence electrons. The summed E-state index contributed by atoms with van der Waals surface area (Å²) in [5, 5.41) is 2.95. The standard InChI is InChI=1S/C16H11N3O/c20-16-14-7-8-19(15(14)17-10-18-16)13-6-5-11-3-1-2-4-12(11)9-13/h1-10H,(H,17,18,20). The second-order valence-corrected chi connectivity index (χ2v) is 4.69. The van der Waals surface area contributed by atoms with Crippen molar-refractivity contribution in [2.24, 2.45) is 0 Å². The summed E-state index contributed by atoms with van der Waals surface area (Å²) in [6, 6.07) is 16.2. The van der Waals surface area contributed by atoms with Crippen LogP contribution in [0.25, 0.3) is 27.5 Å². The Kier molecular flexibility index (Phi) is 2.23. The molecule has 0 fully saturated rings. The van der Waals surface area contributed by atoms with Crippen molar-refractivity contribution in [2.75, 3.05) is 0 Å². The molecule has 2 aromatic heterocycles. The minimum absolute atomic E-state index is 0.116. The predicted molar refractivity (Wildman–Crippen MR) is 79.2 cm³/mol. The molecule has 0 aliphatic heterocycles. The van der Waals surface area contributed by atoms with E-state index in [0.29, 0.717) is 11.0 Å². The number of benzene rings is 2. The molecular formula is C16H11N3O. The Labute approximate surface area is 114 Å². The van der Waals surface area contributed by atoms with Gasteiger partial charge in [0.2, 0.25) is 0 Å². The normalized spacial score (nSPS) is 11.2. The van der Waals surface area contributed by atoms with Crippen LogP contribution in [0.15, 0.2) is 65.8 Å². The number of rotatable bonds is 1. The molecule has 2 aromatic carbocycles. The Hall–Kier alpha value is -2.88. The molecule has 4 heteroatoms. The lowest BCUT2D eigenvalue weighted by atomic mass is 10.1. The lowest BCUT2D eigenvalue weighted by Crippen LogP contribution is -2.06. The molecule has 0 aliphatic rings. The van der Waals surface area contributed by atoms with Crippen LogP contribution >= 0.6 is 0 Å². The topological polar surface area (TPSA) is 50.7 Å². The van der Waals surface area contributed by atoms with Crippen LogP contribution in [0.4, 0.5) is 0 Å². The molecule has 0 amide bonds. The van der Waals surface area contributed by atoms with E-state index in [9.17, 15) is 4.79 Å². The van der Waals surface area contributed by atoms with E-state index in [1.54, 1.807) is 6.07 Å². The second kappa shape index (κ2) is 4.06. The first-order chi connectivity index (χ1) is 9.83. The number of hydrogen-bond donors (Lipinski definition) is 1. The number of nitrogens with zero attached hydrogens (tertiary/aromatic N) is 2. The van der Waals surface area contributed by atoms with Gasteiger partial charge in [0.25, 0.3) is 5.56 Å². The van der Waals surface area contributed by atoms with Gasteiger partial charge in [0.05, 0.1) is 11.7 Å². The Morgan fingerprint density at radius 3 is 2.75 bits per heavy atom. The number of fused-ring (bicyclic) bond motifs is 2. The molecule has 2 heterocycles. The van der Waals surface area contributed by atoms with Crippen molar-refractivity contribution >= 4 is 21.8 Å². The third-order valence-corrected chi connectivity index (χ3v) is 3.50. The molecule has 0 atom stereocenters. The monoisotopic (exact) mass is 261 g/mol. The van der Waals surface area contributed by atoms with Gasteiger partial charge in [0.15, 0.2) is 5.65 Å². The summed E-state index contributed by atoms with van der Waals surface area (Å²) >= 11 is 0. The number of aromatic amines is 1. The third kappa shape index (κ3) is 1.55. The van der Waals surface area contributed by atoms with Crippen molar-refractivity contribution in [3.63, 3.8) is 0 Å². The molecule has 0 saturated carbocycles. The molecule has 0 spiro atoms. The first-order valence-corrected chi connectivity index (χ1v) is 6.37. The summed E-state index contributed by atoms with van der Waals surface area (Å²) in [4.78, 5) is 18.6. The van der Waals surface area contributed by atoms with Gasteiger partial charge in [-0.2, -0.15) is 0 Å². The van der Waals surface area contributed by atoms with Gasteiger partial charge in [-0.15, -0.1) is 0 Å². The van der Waals surface area contributed by atoms with Crippen LogP contribution in [0.5, 0.6) is 0 Å². The van der Waals surface area contributed by atoms with Crippen LogP contribution in [-0.2, 0) is 0 Å². The molecule has 0 aliphatic carbocycles. The van der Waals surface area contributed by atoms with Gasteiger partial charge >= 0.3 is 0 Å². The van der Waals surface area contributed by atoms with Gasteiger partial charge in [-0.1, -0.05) is 30.3 Å². The van der Waals surface area contributed by atoms with Gasteiger partial charge in [-0.05, 0) is 29.0 Å². The Morgan fingerprint density at radius 2 is 1.85 bits per heavy atom. The molecule has 1 N–H and O–H groups in total. The van der Waals surface area contributed by atoms with Crippen LogP contribution in [0.3, 0.4) is 0 Å². The highest BCUT2D eigenvalue weighted by atomic mass is 16.1. The fourth-order valence-corrected chi connectivity index (χ4v) is 2.50. The second-order valence-electron chi connectivity index (χ2n) is 4.69. The zero-order valence-electron chi connectivity index (χ0n) is 10.6. The van der Waals surface area contributed by atoms with Crippen molar-refractivity contribution in [3.8, 4) is 5.69 Å². The lowest BCUT2D eigenvalue weighted by molar-refractivity contribution is 1.07. The van der Waals surface area contributed by atoms with Crippen molar-refractivity contribution in [3.05, 3.63) is 71.4 Å². The first kappa shape index (κ1) is 11.0. The van der Waals surface area contributed by atoms with E-state index >= 15 is 0 Å². The summed E-state index contributed by atoms with van der Waals surface area (Å²) in [6.45, 7) is 0. The van der Waals surface area contributed by atoms with Gasteiger partial charge in [0.1, 0.15) is 0 Å². The van der Waals surface area contributed by atoms with Crippen molar-refractivity contribution in [1.29, 1.82) is 0 Å². The average molecular weight is 261 g/mol. The molecular weight excluding hydrogens is 250 g/mol. The fraction of sp³-hybridized carbons (Fsp3) is 0. The zero-order chi connectivity index (χ0) is 13.5. The summed E-state index contributed by atoms with van der Waals surface area (Å²) in [5.41, 5.74) is 1.55. The molecule has 4 aromatic rings. The SMILES string of the molecule is O=c1[nH]cnc2c1ccn2-c1ccc2ccccc2c1. The fourth-order valence-electron chi connectivity index (χ4n) is 2.50. The first-order valence-electron chi connectivity index (χ1n) is 6.37. The van der Waals surface area contributed by atoms with Crippen molar-refractivity contribution in [1.82, 2.24) is 14.5 Å². The van der Waals surface area contributed by atoms with E-state index < -0.39 is 0 Å². The maximum Gasteiger partial charge on any atom is 0.260 e. The quantitative estimate of drug-likeness (QED) is 0.572. The van der Waals surface area contributed by atoms with Gasteiger partial charge < -0.3 is 9.55 Å². The van der Waals surface area contributed by atoms with E-state index in [4.69, 9.17) is 0 Å². The van der Waals surface area contributed by atoms with Gasteiger partial charge in [-0.25, -0.2) is 4.98 Å². The van der Waals surface area contributed by atoms with E-state index in [1.165, 1.54) is 11.7 Å². The van der Waals surface area contributed by atoms with E-state index in [-0.39, 0.29) is 5.56 Å². The summed E-state index contributed by atoms with van der Waals surface area (Å²) in [7, 11) is 0. The van der Waals surface area contributed by atoms with E-state index in [1.807, 2.05) is 29.0 Å². The highest BCUT2D eigenvalue weighted by Gasteiger charge is 2.07. The maximum atomic E-state index is 11.7. The van der Waals surface area contributed by atoms with Crippen LogP contribution in [0, 0.1) is 0 Å².